The number of hydrogen-bond acceptors (Lipinski definition) is 6. The van der Waals surface area contributed by atoms with Gasteiger partial charge in [0.2, 0.25) is 5.91 Å². The zero-order chi connectivity index (χ0) is 26.8. The summed E-state index contributed by atoms with van der Waals surface area (Å²) < 4.78 is 5.30. The summed E-state index contributed by atoms with van der Waals surface area (Å²) in [5.41, 5.74) is -0.861. The average Bonchev–Trinajstić information content (AvgIpc) is 3.51. The molecule has 1 rings (SSSR count). The van der Waals surface area contributed by atoms with Crippen molar-refractivity contribution in [2.75, 3.05) is 6.61 Å². The summed E-state index contributed by atoms with van der Waals surface area (Å²) in [4.78, 5) is 62.9. The molecule has 1 aliphatic rings. The lowest BCUT2D eigenvalue weighted by Gasteiger charge is -2.26. The molecular formula is C27H45NO7. The Balaban J connectivity index is 2.95. The Hall–Kier alpha value is -2.09. The Morgan fingerprint density at radius 1 is 1.00 bits per heavy atom. The van der Waals surface area contributed by atoms with Crippen LogP contribution in [0.3, 0.4) is 0 Å². The molecule has 1 saturated heterocycles. The van der Waals surface area contributed by atoms with E-state index in [9.17, 15) is 24.0 Å². The van der Waals surface area contributed by atoms with Gasteiger partial charge in [-0.15, -0.1) is 0 Å². The van der Waals surface area contributed by atoms with Crippen LogP contribution in [0.5, 0.6) is 0 Å². The topological polar surface area (TPSA) is 130 Å². The molecule has 0 aromatic rings. The van der Waals surface area contributed by atoms with Crippen LogP contribution < -0.4 is 5.32 Å². The lowest BCUT2D eigenvalue weighted by atomic mass is 9.82. The molecule has 0 aliphatic carbocycles. The van der Waals surface area contributed by atoms with Gasteiger partial charge in [0.1, 0.15) is 11.4 Å². The van der Waals surface area contributed by atoms with Crippen molar-refractivity contribution in [2.24, 2.45) is 23.7 Å². The number of unbranched alkanes of at least 4 members (excludes halogenated alkanes) is 2. The number of rotatable bonds is 19. The number of carboxylic acid groups (broad SMARTS) is 1. The number of ketones is 3. The summed E-state index contributed by atoms with van der Waals surface area (Å²) in [7, 11) is 0. The molecule has 35 heavy (non-hydrogen) atoms. The van der Waals surface area contributed by atoms with Crippen LogP contribution in [0.2, 0.25) is 0 Å². The predicted octanol–water partition coefficient (Wildman–Crippen LogP) is 4.13. The smallest absolute Gasteiger partial charge is 0.303 e. The second-order valence-corrected chi connectivity index (χ2v) is 10.9. The summed E-state index contributed by atoms with van der Waals surface area (Å²) in [6, 6.07) is -1.02. The maximum absolute atomic E-state index is 13.3. The van der Waals surface area contributed by atoms with Crippen molar-refractivity contribution < 1.29 is 33.8 Å². The molecule has 2 N–H and O–H groups in total. The summed E-state index contributed by atoms with van der Waals surface area (Å²) in [6.45, 7) is 11.7. The summed E-state index contributed by atoms with van der Waals surface area (Å²) in [5.74, 6) is -3.07. The van der Waals surface area contributed by atoms with E-state index in [4.69, 9.17) is 9.84 Å². The molecule has 1 fully saturated rings. The summed E-state index contributed by atoms with van der Waals surface area (Å²) in [6.07, 6.45) is 3.33. The highest BCUT2D eigenvalue weighted by Crippen LogP contribution is 2.34. The fourth-order valence-corrected chi connectivity index (χ4v) is 4.33. The predicted molar refractivity (Wildman–Crippen MR) is 133 cm³/mol. The molecule has 0 bridgehead atoms. The highest BCUT2D eigenvalue weighted by molar-refractivity contribution is 5.97. The Morgan fingerprint density at radius 3 is 2.11 bits per heavy atom. The zero-order valence-corrected chi connectivity index (χ0v) is 22.4. The number of epoxide rings is 1. The first-order valence-electron chi connectivity index (χ1n) is 13.1. The van der Waals surface area contributed by atoms with E-state index in [-0.39, 0.29) is 54.9 Å². The molecule has 0 unspecified atom stereocenters. The first-order chi connectivity index (χ1) is 16.3. The molecule has 1 aliphatic heterocycles. The first kappa shape index (κ1) is 30.9. The molecule has 200 valence electrons. The van der Waals surface area contributed by atoms with Crippen molar-refractivity contribution in [3.05, 3.63) is 0 Å². The quantitative estimate of drug-likeness (QED) is 0.203. The number of carbonyl (C=O) groups is 5. The fraction of sp³-hybridized carbons (Fsp3) is 0.815. The summed E-state index contributed by atoms with van der Waals surface area (Å²) in [5, 5.41) is 11.9. The van der Waals surface area contributed by atoms with Gasteiger partial charge in [0, 0.05) is 37.5 Å². The van der Waals surface area contributed by atoms with E-state index in [1.165, 1.54) is 0 Å². The molecule has 8 heteroatoms. The number of Topliss-reactive ketones (excluding diaryl/α,β-unsaturated/α-hetero) is 3. The largest absolute Gasteiger partial charge is 0.481 e. The van der Waals surface area contributed by atoms with Crippen LogP contribution in [0.4, 0.5) is 0 Å². The third-order valence-electron chi connectivity index (χ3n) is 6.67. The highest BCUT2D eigenvalue weighted by atomic mass is 16.6. The van der Waals surface area contributed by atoms with Gasteiger partial charge in [-0.25, -0.2) is 0 Å². The molecule has 0 aromatic carbocycles. The fourth-order valence-electron chi connectivity index (χ4n) is 4.33. The summed E-state index contributed by atoms with van der Waals surface area (Å²) >= 11 is 0. The van der Waals surface area contributed by atoms with E-state index in [0.29, 0.717) is 19.4 Å². The van der Waals surface area contributed by atoms with Gasteiger partial charge in [-0.2, -0.15) is 0 Å². The van der Waals surface area contributed by atoms with Gasteiger partial charge in [0.25, 0.3) is 0 Å². The lowest BCUT2D eigenvalue weighted by Crippen LogP contribution is -2.46. The van der Waals surface area contributed by atoms with Crippen LogP contribution >= 0.6 is 0 Å². The van der Waals surface area contributed by atoms with Gasteiger partial charge in [0.05, 0.1) is 12.6 Å². The molecule has 1 amide bonds. The maximum Gasteiger partial charge on any atom is 0.303 e. The van der Waals surface area contributed by atoms with Gasteiger partial charge >= 0.3 is 5.97 Å². The zero-order valence-electron chi connectivity index (χ0n) is 22.4. The maximum atomic E-state index is 13.3. The molecule has 8 nitrogen and oxygen atoms in total. The van der Waals surface area contributed by atoms with Gasteiger partial charge in [-0.05, 0) is 38.0 Å². The third-order valence-corrected chi connectivity index (χ3v) is 6.67. The van der Waals surface area contributed by atoms with Crippen LogP contribution in [0.15, 0.2) is 0 Å². The van der Waals surface area contributed by atoms with Crippen molar-refractivity contribution in [3.63, 3.8) is 0 Å². The molecule has 0 saturated carbocycles. The molecular weight excluding hydrogens is 450 g/mol. The van der Waals surface area contributed by atoms with E-state index in [1.807, 2.05) is 27.7 Å². The Morgan fingerprint density at radius 2 is 1.63 bits per heavy atom. The molecule has 4 atom stereocenters. The molecule has 0 spiro atoms. The molecule has 0 aromatic heterocycles. The van der Waals surface area contributed by atoms with E-state index < -0.39 is 35.4 Å². The minimum Gasteiger partial charge on any atom is -0.481 e. The number of nitrogens with one attached hydrogen (secondary N) is 1. The van der Waals surface area contributed by atoms with Crippen molar-refractivity contribution in [3.8, 4) is 0 Å². The lowest BCUT2D eigenvalue weighted by molar-refractivity contribution is -0.139. The number of carbonyl (C=O) groups excluding carboxylic acids is 4. The highest BCUT2D eigenvalue weighted by Gasteiger charge is 2.50. The van der Waals surface area contributed by atoms with Crippen molar-refractivity contribution in [2.45, 2.75) is 111 Å². The second-order valence-electron chi connectivity index (χ2n) is 10.9. The van der Waals surface area contributed by atoms with Crippen LogP contribution in [0.1, 0.15) is 99.3 Å². The van der Waals surface area contributed by atoms with Crippen LogP contribution in [-0.2, 0) is 28.7 Å². The van der Waals surface area contributed by atoms with Crippen LogP contribution in [0, 0.1) is 23.7 Å². The van der Waals surface area contributed by atoms with Crippen molar-refractivity contribution in [1.82, 2.24) is 5.32 Å². The standard InChI is InChI=1S/C27H45NO7/c1-7-8-9-10-20(29)15-21(18(4)5)26(34)28-22(11-12-24(31)32)23(30)14-19(13-17(2)3)25(33)27(6)16-35-27/h17-19,21-22H,7-16H2,1-6H3,(H,28,34)(H,31,32)/t19-,21+,22+,27-/m1/s1. The SMILES string of the molecule is CCCCCC(=O)C[C@H](C(=O)N[C@@H](CCC(=O)O)C(=O)C[C@@H](CC(C)C)C(=O)[C@@]1(C)CO1)C(C)C. The van der Waals surface area contributed by atoms with E-state index in [0.717, 1.165) is 19.3 Å². The number of hydrogen-bond donors (Lipinski definition) is 2. The van der Waals surface area contributed by atoms with Gasteiger partial charge < -0.3 is 15.2 Å². The minimum atomic E-state index is -1.07. The van der Waals surface area contributed by atoms with Gasteiger partial charge in [0.15, 0.2) is 11.6 Å². The normalized spacial score (nSPS) is 19.8. The first-order valence-corrected chi connectivity index (χ1v) is 13.1. The van der Waals surface area contributed by atoms with Crippen molar-refractivity contribution >= 4 is 29.2 Å². The van der Waals surface area contributed by atoms with Crippen LogP contribution in [0.25, 0.3) is 0 Å². The number of aliphatic carboxylic acids is 1. The van der Waals surface area contributed by atoms with Gasteiger partial charge in [-0.3, -0.25) is 24.0 Å². The van der Waals surface area contributed by atoms with E-state index in [1.54, 1.807) is 6.92 Å². The van der Waals surface area contributed by atoms with Crippen molar-refractivity contribution in [1.29, 1.82) is 0 Å². The van der Waals surface area contributed by atoms with Crippen LogP contribution in [-0.4, -0.2) is 52.6 Å². The van der Waals surface area contributed by atoms with E-state index >= 15 is 0 Å². The Labute approximate surface area is 209 Å². The molecule has 0 radical (unpaired) electrons. The Kier molecular flexibility index (Phi) is 12.8. The Bertz CT molecular complexity index is 755. The monoisotopic (exact) mass is 495 g/mol. The number of amides is 1. The third kappa shape index (κ3) is 11.0. The number of ether oxygens (including phenoxy) is 1. The average molecular weight is 496 g/mol. The van der Waals surface area contributed by atoms with Gasteiger partial charge in [-0.1, -0.05) is 47.5 Å². The second kappa shape index (κ2) is 14.5. The van der Waals surface area contributed by atoms with E-state index in [2.05, 4.69) is 12.2 Å². The number of carboxylic acids is 1. The molecule has 1 heterocycles. The minimum absolute atomic E-state index is 0.0148.